The van der Waals surface area contributed by atoms with Crippen LogP contribution in [0.15, 0.2) is 4.99 Å². The minimum absolute atomic E-state index is 0.215. The fraction of sp³-hybridized carbons (Fsp3) is 0.889. The number of amides is 1. The van der Waals surface area contributed by atoms with Gasteiger partial charge in [-0.15, -0.1) is 0 Å². The highest BCUT2D eigenvalue weighted by Gasteiger charge is 2.34. The summed E-state index contributed by atoms with van der Waals surface area (Å²) in [5.41, 5.74) is -0.452. The number of likely N-dealkylation sites (N-methyl/N-ethyl adjacent to an activating group) is 1. The van der Waals surface area contributed by atoms with Crippen molar-refractivity contribution < 1.29 is 9.53 Å². The van der Waals surface area contributed by atoms with Gasteiger partial charge in [-0.2, -0.15) is 0 Å². The average molecular weight is 369 g/mol. The smallest absolute Gasteiger partial charge is 0.410 e. The summed E-state index contributed by atoms with van der Waals surface area (Å²) in [5.74, 6) is 0.791. The minimum atomic E-state index is -0.452. The zero-order chi connectivity index (χ0) is 19.3. The third-order valence-corrected chi connectivity index (χ3v) is 4.82. The molecule has 1 unspecified atom stereocenters. The molecule has 2 N–H and O–H groups in total. The second kappa shape index (κ2) is 8.90. The maximum atomic E-state index is 12.0. The van der Waals surface area contributed by atoms with Crippen molar-refractivity contribution in [3.63, 3.8) is 0 Å². The van der Waals surface area contributed by atoms with Gasteiger partial charge in [-0.25, -0.2) is 4.79 Å². The quantitative estimate of drug-likeness (QED) is 0.553. The molecule has 2 saturated heterocycles. The lowest BCUT2D eigenvalue weighted by atomic mass is 10.1. The molecule has 8 heteroatoms. The van der Waals surface area contributed by atoms with Crippen LogP contribution in [-0.2, 0) is 4.74 Å². The number of aliphatic imine (C=N–C) groups is 1. The van der Waals surface area contributed by atoms with Crippen LogP contribution < -0.4 is 10.6 Å². The van der Waals surface area contributed by atoms with Gasteiger partial charge in [0.05, 0.1) is 6.04 Å². The van der Waals surface area contributed by atoms with Gasteiger partial charge in [0.1, 0.15) is 5.60 Å². The van der Waals surface area contributed by atoms with Crippen LogP contribution in [0.2, 0.25) is 0 Å². The van der Waals surface area contributed by atoms with E-state index in [1.807, 2.05) is 20.8 Å². The maximum absolute atomic E-state index is 12.0. The highest BCUT2D eigenvalue weighted by molar-refractivity contribution is 5.80. The number of nitrogens with one attached hydrogen (secondary N) is 2. The van der Waals surface area contributed by atoms with Crippen molar-refractivity contribution in [2.45, 2.75) is 45.4 Å². The molecule has 0 aromatic heterocycles. The van der Waals surface area contributed by atoms with Gasteiger partial charge >= 0.3 is 6.09 Å². The molecular weight excluding hydrogens is 332 g/mol. The van der Waals surface area contributed by atoms with Crippen molar-refractivity contribution in [1.82, 2.24) is 25.3 Å². The fourth-order valence-electron chi connectivity index (χ4n) is 3.07. The summed E-state index contributed by atoms with van der Waals surface area (Å²) in [4.78, 5) is 22.9. The fourth-order valence-corrected chi connectivity index (χ4v) is 3.07. The summed E-state index contributed by atoms with van der Waals surface area (Å²) in [6, 6.07) is 0.676. The van der Waals surface area contributed by atoms with E-state index in [0.717, 1.165) is 38.7 Å². The topological polar surface area (TPSA) is 72.4 Å². The van der Waals surface area contributed by atoms with E-state index in [-0.39, 0.29) is 12.1 Å². The van der Waals surface area contributed by atoms with Gasteiger partial charge in [-0.1, -0.05) is 0 Å². The Morgan fingerprint density at radius 2 is 1.85 bits per heavy atom. The number of rotatable bonds is 4. The molecule has 0 saturated carbocycles. The van der Waals surface area contributed by atoms with Crippen molar-refractivity contribution in [2.24, 2.45) is 4.99 Å². The first kappa shape index (κ1) is 20.8. The summed E-state index contributed by atoms with van der Waals surface area (Å²) >= 11 is 0. The number of ether oxygens (including phenoxy) is 1. The number of likely N-dealkylation sites (tertiary alicyclic amines) is 1. The van der Waals surface area contributed by atoms with E-state index in [9.17, 15) is 4.79 Å². The predicted molar refractivity (Wildman–Crippen MR) is 105 cm³/mol. The van der Waals surface area contributed by atoms with Crippen LogP contribution in [0, 0.1) is 0 Å². The van der Waals surface area contributed by atoms with Crippen molar-refractivity contribution in [1.29, 1.82) is 0 Å². The van der Waals surface area contributed by atoms with Gasteiger partial charge in [0.15, 0.2) is 5.96 Å². The van der Waals surface area contributed by atoms with Gasteiger partial charge in [0.25, 0.3) is 0 Å². The molecule has 2 rings (SSSR count). The Kier molecular flexibility index (Phi) is 7.11. The molecule has 2 aliphatic heterocycles. The monoisotopic (exact) mass is 368 g/mol. The zero-order valence-electron chi connectivity index (χ0n) is 17.2. The Hall–Kier alpha value is -1.54. The first-order chi connectivity index (χ1) is 12.2. The van der Waals surface area contributed by atoms with Gasteiger partial charge in [-0.3, -0.25) is 9.89 Å². The van der Waals surface area contributed by atoms with Gasteiger partial charge in [0.2, 0.25) is 0 Å². The summed E-state index contributed by atoms with van der Waals surface area (Å²) < 4.78 is 5.38. The van der Waals surface area contributed by atoms with Crippen LogP contribution in [0.25, 0.3) is 0 Å². The zero-order valence-corrected chi connectivity index (χ0v) is 17.2. The molecule has 0 radical (unpaired) electrons. The summed E-state index contributed by atoms with van der Waals surface area (Å²) in [6.45, 7) is 14.5. The Labute approximate surface area is 157 Å². The van der Waals surface area contributed by atoms with E-state index in [0.29, 0.717) is 19.1 Å². The number of piperazine rings is 1. The number of nitrogens with zero attached hydrogens (tertiary/aromatic N) is 4. The largest absolute Gasteiger partial charge is 0.444 e. The minimum Gasteiger partial charge on any atom is -0.444 e. The van der Waals surface area contributed by atoms with E-state index in [1.165, 1.54) is 0 Å². The highest BCUT2D eigenvalue weighted by Crippen LogP contribution is 2.15. The third kappa shape index (κ3) is 6.32. The van der Waals surface area contributed by atoms with Crippen LogP contribution in [-0.4, -0.2) is 104 Å². The number of guanidine groups is 1. The third-order valence-electron chi connectivity index (χ3n) is 4.82. The molecule has 150 valence electrons. The van der Waals surface area contributed by atoms with Crippen molar-refractivity contribution in [3.8, 4) is 0 Å². The molecule has 1 amide bonds. The second-order valence-corrected chi connectivity index (χ2v) is 8.37. The lowest BCUT2D eigenvalue weighted by Crippen LogP contribution is -2.63. The van der Waals surface area contributed by atoms with Crippen LogP contribution >= 0.6 is 0 Å². The van der Waals surface area contributed by atoms with Crippen LogP contribution in [0.4, 0.5) is 4.79 Å². The van der Waals surface area contributed by atoms with Crippen LogP contribution in [0.5, 0.6) is 0 Å². The highest BCUT2D eigenvalue weighted by atomic mass is 16.6. The Balaban J connectivity index is 1.67. The average Bonchev–Trinajstić information content (AvgIpc) is 2.51. The number of hydrogen-bond acceptors (Lipinski definition) is 5. The first-order valence-electron chi connectivity index (χ1n) is 9.55. The number of hydrogen-bond donors (Lipinski definition) is 2. The summed E-state index contributed by atoms with van der Waals surface area (Å²) in [6.07, 6.45) is -0.248. The van der Waals surface area contributed by atoms with Crippen LogP contribution in [0.3, 0.4) is 0 Å². The standard InChI is InChI=1S/C18H36N6O2/c1-14(23-9-7-22(6)8-10-23)11-20-16(19-5)21-15-12-24(13-15)17(25)26-18(2,3)4/h14-15H,7-13H2,1-6H3,(H2,19,20,21). The Morgan fingerprint density at radius 3 is 2.38 bits per heavy atom. The van der Waals surface area contributed by atoms with E-state index in [2.05, 4.69) is 39.4 Å². The lowest BCUT2D eigenvalue weighted by molar-refractivity contribution is 0.00700. The van der Waals surface area contributed by atoms with Crippen LogP contribution in [0.1, 0.15) is 27.7 Å². The second-order valence-electron chi connectivity index (χ2n) is 8.37. The number of carbonyl (C=O) groups is 1. The normalized spacial score (nSPS) is 21.9. The van der Waals surface area contributed by atoms with Gasteiger partial charge in [-0.05, 0) is 34.7 Å². The molecule has 0 aromatic rings. The molecule has 26 heavy (non-hydrogen) atoms. The maximum Gasteiger partial charge on any atom is 0.410 e. The molecule has 0 aliphatic carbocycles. The SMILES string of the molecule is CN=C(NCC(C)N1CCN(C)CC1)NC1CN(C(=O)OC(C)(C)C)C1. The molecular formula is C18H36N6O2. The van der Waals surface area contributed by atoms with E-state index < -0.39 is 5.60 Å². The van der Waals surface area contributed by atoms with Crippen molar-refractivity contribution >= 4 is 12.1 Å². The van der Waals surface area contributed by atoms with Crippen molar-refractivity contribution in [3.05, 3.63) is 0 Å². The molecule has 2 aliphatic rings. The number of carbonyl (C=O) groups excluding carboxylic acids is 1. The van der Waals surface area contributed by atoms with Gasteiger partial charge < -0.3 is 25.2 Å². The Morgan fingerprint density at radius 1 is 1.23 bits per heavy atom. The van der Waals surface area contributed by atoms with E-state index in [4.69, 9.17) is 4.74 Å². The molecule has 0 aromatic carbocycles. The van der Waals surface area contributed by atoms with E-state index >= 15 is 0 Å². The molecule has 1 atom stereocenters. The predicted octanol–water partition coefficient (Wildman–Crippen LogP) is 0.407. The molecule has 2 heterocycles. The molecule has 2 fully saturated rings. The van der Waals surface area contributed by atoms with E-state index in [1.54, 1.807) is 11.9 Å². The first-order valence-corrected chi connectivity index (χ1v) is 9.55. The summed E-state index contributed by atoms with van der Waals surface area (Å²) in [5, 5.41) is 6.79. The Bertz CT molecular complexity index is 490. The summed E-state index contributed by atoms with van der Waals surface area (Å²) in [7, 11) is 3.95. The van der Waals surface area contributed by atoms with Gasteiger partial charge in [0, 0.05) is 58.9 Å². The molecule has 0 spiro atoms. The molecule has 0 bridgehead atoms. The lowest BCUT2D eigenvalue weighted by Gasteiger charge is -2.41. The van der Waals surface area contributed by atoms with Crippen molar-refractivity contribution in [2.75, 3.05) is 59.9 Å². The molecule has 8 nitrogen and oxygen atoms in total.